The van der Waals surface area contributed by atoms with Crippen molar-refractivity contribution in [1.29, 1.82) is 0 Å². The van der Waals surface area contributed by atoms with E-state index in [2.05, 4.69) is 35.1 Å². The van der Waals surface area contributed by atoms with Crippen LogP contribution in [0.15, 0.2) is 36.5 Å². The smallest absolute Gasteiger partial charge is 0.0764 e. The van der Waals surface area contributed by atoms with Gasteiger partial charge in [-0.1, -0.05) is 19.1 Å². The van der Waals surface area contributed by atoms with Gasteiger partial charge >= 0.3 is 0 Å². The van der Waals surface area contributed by atoms with Gasteiger partial charge in [-0.05, 0) is 36.7 Å². The number of rotatable bonds is 6. The summed E-state index contributed by atoms with van der Waals surface area (Å²) in [7, 11) is 1.95. The van der Waals surface area contributed by atoms with Crippen molar-refractivity contribution in [3.05, 3.63) is 47.8 Å². The molecule has 0 fully saturated rings. The molecule has 0 saturated carbocycles. The van der Waals surface area contributed by atoms with Gasteiger partial charge < -0.3 is 5.73 Å². The van der Waals surface area contributed by atoms with Gasteiger partial charge in [-0.3, -0.25) is 9.58 Å². The third-order valence-corrected chi connectivity index (χ3v) is 3.08. The maximum absolute atomic E-state index is 5.72. The van der Waals surface area contributed by atoms with Gasteiger partial charge in [0.05, 0.1) is 5.69 Å². The van der Waals surface area contributed by atoms with Crippen LogP contribution in [0, 0.1) is 0 Å². The number of nitrogen functional groups attached to an aromatic ring is 1. The van der Waals surface area contributed by atoms with E-state index in [1.54, 1.807) is 0 Å². The quantitative estimate of drug-likeness (QED) is 0.809. The van der Waals surface area contributed by atoms with Gasteiger partial charge in [0.25, 0.3) is 0 Å². The van der Waals surface area contributed by atoms with Crippen LogP contribution in [-0.2, 0) is 20.1 Å². The Morgan fingerprint density at radius 3 is 2.47 bits per heavy atom. The fraction of sp³-hybridized carbons (Fsp3) is 0.400. The normalized spacial score (nSPS) is 11.1. The molecule has 2 N–H and O–H groups in total. The van der Waals surface area contributed by atoms with E-state index in [1.165, 1.54) is 5.56 Å². The van der Waals surface area contributed by atoms with Crippen molar-refractivity contribution in [1.82, 2.24) is 14.7 Å². The molecule has 2 aromatic rings. The average molecular weight is 258 g/mol. The summed E-state index contributed by atoms with van der Waals surface area (Å²) in [6.45, 7) is 5.10. The summed E-state index contributed by atoms with van der Waals surface area (Å²) in [6, 6.07) is 10.2. The largest absolute Gasteiger partial charge is 0.399 e. The third-order valence-electron chi connectivity index (χ3n) is 3.08. The van der Waals surface area contributed by atoms with E-state index >= 15 is 0 Å². The highest BCUT2D eigenvalue weighted by molar-refractivity contribution is 5.39. The minimum atomic E-state index is 0.815. The van der Waals surface area contributed by atoms with E-state index in [-0.39, 0.29) is 0 Å². The first kappa shape index (κ1) is 13.6. The van der Waals surface area contributed by atoms with Gasteiger partial charge in [-0.15, -0.1) is 0 Å². The molecule has 0 unspecified atom stereocenters. The second kappa shape index (κ2) is 6.38. The molecule has 0 radical (unpaired) electrons. The molecule has 0 bridgehead atoms. The molecule has 19 heavy (non-hydrogen) atoms. The van der Waals surface area contributed by atoms with Crippen LogP contribution in [0.5, 0.6) is 0 Å². The first-order valence-electron chi connectivity index (χ1n) is 6.72. The Morgan fingerprint density at radius 2 is 1.89 bits per heavy atom. The number of nitrogens with zero attached hydrogens (tertiary/aromatic N) is 3. The van der Waals surface area contributed by atoms with Crippen molar-refractivity contribution < 1.29 is 0 Å². The van der Waals surface area contributed by atoms with Crippen LogP contribution in [-0.4, -0.2) is 21.2 Å². The fourth-order valence-electron chi connectivity index (χ4n) is 2.19. The summed E-state index contributed by atoms with van der Waals surface area (Å²) >= 11 is 0. The average Bonchev–Trinajstić information content (AvgIpc) is 2.78. The first-order valence-corrected chi connectivity index (χ1v) is 6.72. The highest BCUT2D eigenvalue weighted by Gasteiger charge is 2.08. The van der Waals surface area contributed by atoms with E-state index in [0.717, 1.165) is 37.4 Å². The Labute approximate surface area is 114 Å². The summed E-state index contributed by atoms with van der Waals surface area (Å²) in [5, 5.41) is 4.44. The lowest BCUT2D eigenvalue weighted by Crippen LogP contribution is -2.24. The van der Waals surface area contributed by atoms with Crippen molar-refractivity contribution in [2.45, 2.75) is 26.4 Å². The first-order chi connectivity index (χ1) is 9.17. The van der Waals surface area contributed by atoms with E-state index < -0.39 is 0 Å². The molecule has 0 aliphatic rings. The van der Waals surface area contributed by atoms with Crippen LogP contribution in [0.4, 0.5) is 5.69 Å². The Bertz CT molecular complexity index is 501. The van der Waals surface area contributed by atoms with E-state index in [1.807, 2.05) is 30.1 Å². The van der Waals surface area contributed by atoms with Crippen molar-refractivity contribution in [3.63, 3.8) is 0 Å². The molecule has 0 aliphatic carbocycles. The molecule has 1 heterocycles. The van der Waals surface area contributed by atoms with E-state index in [9.17, 15) is 0 Å². The number of anilines is 1. The molecule has 0 spiro atoms. The molecule has 102 valence electrons. The van der Waals surface area contributed by atoms with E-state index in [0.29, 0.717) is 0 Å². The van der Waals surface area contributed by atoms with Gasteiger partial charge in [0, 0.05) is 32.0 Å². The van der Waals surface area contributed by atoms with Gasteiger partial charge in [-0.25, -0.2) is 0 Å². The third kappa shape index (κ3) is 4.10. The van der Waals surface area contributed by atoms with Gasteiger partial charge in [0.2, 0.25) is 0 Å². The molecule has 0 amide bonds. The lowest BCUT2D eigenvalue weighted by Gasteiger charge is -2.20. The fourth-order valence-corrected chi connectivity index (χ4v) is 2.19. The lowest BCUT2D eigenvalue weighted by molar-refractivity contribution is 0.253. The summed E-state index contributed by atoms with van der Waals surface area (Å²) < 4.78 is 1.85. The number of hydrogen-bond donors (Lipinski definition) is 1. The number of benzene rings is 1. The molecule has 0 aliphatic heterocycles. The second-order valence-corrected chi connectivity index (χ2v) is 4.93. The van der Waals surface area contributed by atoms with Crippen molar-refractivity contribution in [2.75, 3.05) is 12.3 Å². The maximum atomic E-state index is 5.72. The molecule has 0 atom stereocenters. The summed E-state index contributed by atoms with van der Waals surface area (Å²) in [6.07, 6.45) is 3.13. The molecule has 4 heteroatoms. The summed E-state index contributed by atoms with van der Waals surface area (Å²) in [4.78, 5) is 2.41. The number of nitrogens with two attached hydrogens (primary N) is 1. The standard InChI is InChI=1S/C15H22N4/c1-3-9-19(12-15-8-10-18(2)17-15)11-13-4-6-14(16)7-5-13/h4-8,10H,3,9,11-12,16H2,1-2H3. The maximum Gasteiger partial charge on any atom is 0.0764 e. The minimum absolute atomic E-state index is 0.815. The Hall–Kier alpha value is -1.81. The highest BCUT2D eigenvalue weighted by Crippen LogP contribution is 2.11. The molecular weight excluding hydrogens is 236 g/mol. The topological polar surface area (TPSA) is 47.1 Å². The molecule has 2 rings (SSSR count). The Morgan fingerprint density at radius 1 is 1.16 bits per heavy atom. The van der Waals surface area contributed by atoms with Crippen LogP contribution in [0.2, 0.25) is 0 Å². The van der Waals surface area contributed by atoms with Crippen LogP contribution in [0.1, 0.15) is 24.6 Å². The van der Waals surface area contributed by atoms with Gasteiger partial charge in [0.15, 0.2) is 0 Å². The molecule has 4 nitrogen and oxygen atoms in total. The van der Waals surface area contributed by atoms with Crippen LogP contribution >= 0.6 is 0 Å². The molecule has 0 saturated heterocycles. The van der Waals surface area contributed by atoms with Gasteiger partial charge in [-0.2, -0.15) is 5.10 Å². The van der Waals surface area contributed by atoms with Crippen LogP contribution < -0.4 is 5.73 Å². The lowest BCUT2D eigenvalue weighted by atomic mass is 10.2. The van der Waals surface area contributed by atoms with Crippen LogP contribution in [0.3, 0.4) is 0 Å². The SMILES string of the molecule is CCCN(Cc1ccc(N)cc1)Cc1ccn(C)n1. The van der Waals surface area contributed by atoms with Crippen molar-refractivity contribution in [2.24, 2.45) is 7.05 Å². The molecular formula is C15H22N4. The van der Waals surface area contributed by atoms with Crippen LogP contribution in [0.25, 0.3) is 0 Å². The highest BCUT2D eigenvalue weighted by atomic mass is 15.3. The minimum Gasteiger partial charge on any atom is -0.399 e. The second-order valence-electron chi connectivity index (χ2n) is 4.93. The summed E-state index contributed by atoms with van der Waals surface area (Å²) in [5.41, 5.74) is 8.94. The van der Waals surface area contributed by atoms with Crippen molar-refractivity contribution in [3.8, 4) is 0 Å². The van der Waals surface area contributed by atoms with Gasteiger partial charge in [0.1, 0.15) is 0 Å². The predicted molar refractivity (Wildman–Crippen MR) is 78.5 cm³/mol. The Balaban J connectivity index is 2.01. The predicted octanol–water partition coefficient (Wildman–Crippen LogP) is 2.41. The summed E-state index contributed by atoms with van der Waals surface area (Å²) in [5.74, 6) is 0. The Kier molecular flexibility index (Phi) is 4.58. The zero-order chi connectivity index (χ0) is 13.7. The number of hydrogen-bond acceptors (Lipinski definition) is 3. The number of aryl methyl sites for hydroxylation is 1. The molecule has 1 aromatic carbocycles. The zero-order valence-electron chi connectivity index (χ0n) is 11.7. The van der Waals surface area contributed by atoms with Crippen molar-refractivity contribution >= 4 is 5.69 Å². The number of aromatic nitrogens is 2. The molecule has 1 aromatic heterocycles. The zero-order valence-corrected chi connectivity index (χ0v) is 11.7. The monoisotopic (exact) mass is 258 g/mol. The van der Waals surface area contributed by atoms with E-state index in [4.69, 9.17) is 5.73 Å².